The fraction of sp³-hybridized carbons (Fsp3) is 0.667. The van der Waals surface area contributed by atoms with Crippen molar-refractivity contribution in [1.82, 2.24) is 20.1 Å². The number of nitrogens with zero attached hydrogens (tertiary/aromatic N) is 3. The van der Waals surface area contributed by atoms with E-state index in [9.17, 15) is 0 Å². The van der Waals surface area contributed by atoms with Gasteiger partial charge in [-0.3, -0.25) is 9.88 Å². The van der Waals surface area contributed by atoms with Crippen LogP contribution in [0.1, 0.15) is 5.69 Å². The molecular weight excluding hydrogens is 236 g/mol. The van der Waals surface area contributed by atoms with E-state index < -0.39 is 0 Å². The largest absolute Gasteiger partial charge is 0.316 e. The zero-order valence-electron chi connectivity index (χ0n) is 11.9. The highest BCUT2D eigenvalue weighted by molar-refractivity contribution is 5.05. The molecule has 1 aromatic rings. The van der Waals surface area contributed by atoms with Crippen LogP contribution in [0.2, 0.25) is 0 Å². The quantitative estimate of drug-likeness (QED) is 0.865. The minimum absolute atomic E-state index is 0.737. The van der Waals surface area contributed by atoms with E-state index in [0.717, 1.165) is 37.5 Å². The summed E-state index contributed by atoms with van der Waals surface area (Å²) in [5.41, 5.74) is 1.19. The molecule has 0 saturated carbocycles. The normalized spacial score (nSPS) is 31.6. The number of piperidine rings is 2. The van der Waals surface area contributed by atoms with Gasteiger partial charge in [-0.25, -0.2) is 0 Å². The van der Waals surface area contributed by atoms with Gasteiger partial charge in [-0.2, -0.15) is 0 Å². The van der Waals surface area contributed by atoms with E-state index in [0.29, 0.717) is 0 Å². The highest BCUT2D eigenvalue weighted by Gasteiger charge is 2.40. The summed E-state index contributed by atoms with van der Waals surface area (Å²) in [5.74, 6) is 1.48. The van der Waals surface area contributed by atoms with Crippen LogP contribution in [0.4, 0.5) is 0 Å². The number of rotatable bonds is 3. The van der Waals surface area contributed by atoms with Gasteiger partial charge in [-0.15, -0.1) is 0 Å². The molecule has 4 nitrogen and oxygen atoms in total. The van der Waals surface area contributed by atoms with E-state index in [2.05, 4.69) is 46.3 Å². The molecule has 19 heavy (non-hydrogen) atoms. The van der Waals surface area contributed by atoms with Gasteiger partial charge >= 0.3 is 0 Å². The van der Waals surface area contributed by atoms with Crippen molar-refractivity contribution >= 4 is 0 Å². The Labute approximate surface area is 115 Å². The van der Waals surface area contributed by atoms with Crippen LogP contribution in [0.25, 0.3) is 0 Å². The molecule has 104 valence electrons. The number of hydrogen-bond acceptors (Lipinski definition) is 4. The van der Waals surface area contributed by atoms with Crippen LogP contribution in [0.5, 0.6) is 0 Å². The molecule has 0 amide bonds. The summed E-state index contributed by atoms with van der Waals surface area (Å²) in [6, 6.07) is 6.94. The molecule has 2 fully saturated rings. The van der Waals surface area contributed by atoms with Crippen LogP contribution < -0.4 is 5.32 Å². The molecule has 4 heteroatoms. The smallest absolute Gasteiger partial charge is 0.0543 e. The van der Waals surface area contributed by atoms with Crippen LogP contribution in [-0.4, -0.2) is 61.1 Å². The van der Waals surface area contributed by atoms with Gasteiger partial charge in [-0.05, 0) is 38.1 Å². The van der Waals surface area contributed by atoms with E-state index in [1.165, 1.54) is 18.8 Å². The zero-order valence-corrected chi connectivity index (χ0v) is 11.9. The van der Waals surface area contributed by atoms with Gasteiger partial charge in [0.05, 0.1) is 5.69 Å². The third-order valence-electron chi connectivity index (χ3n) is 4.47. The molecule has 0 radical (unpaired) electrons. The minimum atomic E-state index is 0.737. The summed E-state index contributed by atoms with van der Waals surface area (Å²) in [5, 5.41) is 3.59. The maximum atomic E-state index is 4.45. The lowest BCUT2D eigenvalue weighted by molar-refractivity contribution is 0.00754. The Bertz CT molecular complexity index is 392. The Kier molecular flexibility index (Phi) is 3.82. The topological polar surface area (TPSA) is 31.4 Å². The molecule has 0 aliphatic carbocycles. The SMILES string of the molecule is CN(C)C1C2CNCC1CN(Cc1ccccn1)C2. The van der Waals surface area contributed by atoms with Crippen molar-refractivity contribution in [1.29, 1.82) is 0 Å². The molecule has 2 bridgehead atoms. The molecular formula is C15H24N4. The van der Waals surface area contributed by atoms with Gasteiger partial charge in [0.25, 0.3) is 0 Å². The van der Waals surface area contributed by atoms with Gasteiger partial charge in [0, 0.05) is 45.0 Å². The van der Waals surface area contributed by atoms with Crippen molar-refractivity contribution in [2.24, 2.45) is 11.8 Å². The first kappa shape index (κ1) is 13.0. The van der Waals surface area contributed by atoms with Crippen molar-refractivity contribution in [3.8, 4) is 0 Å². The molecule has 3 heterocycles. The van der Waals surface area contributed by atoms with Crippen molar-refractivity contribution < 1.29 is 0 Å². The fourth-order valence-electron chi connectivity index (χ4n) is 3.86. The van der Waals surface area contributed by atoms with Gasteiger partial charge < -0.3 is 10.2 Å². The second-order valence-corrected chi connectivity index (χ2v) is 6.15. The third-order valence-corrected chi connectivity index (χ3v) is 4.47. The lowest BCUT2D eigenvalue weighted by Gasteiger charge is -2.50. The molecule has 2 saturated heterocycles. The van der Waals surface area contributed by atoms with Crippen LogP contribution in [-0.2, 0) is 6.54 Å². The first-order valence-corrected chi connectivity index (χ1v) is 7.23. The lowest BCUT2D eigenvalue weighted by Crippen LogP contribution is -2.62. The van der Waals surface area contributed by atoms with Crippen LogP contribution in [0.15, 0.2) is 24.4 Å². The molecule has 2 aliphatic rings. The summed E-state index contributed by atoms with van der Waals surface area (Å²) in [6.07, 6.45) is 1.89. The number of pyridine rings is 1. The summed E-state index contributed by atoms with van der Waals surface area (Å²) in [6.45, 7) is 5.66. The summed E-state index contributed by atoms with van der Waals surface area (Å²) >= 11 is 0. The number of hydrogen-bond donors (Lipinski definition) is 1. The Morgan fingerprint density at radius 3 is 2.58 bits per heavy atom. The van der Waals surface area contributed by atoms with Crippen LogP contribution >= 0.6 is 0 Å². The molecule has 0 spiro atoms. The van der Waals surface area contributed by atoms with Crippen molar-refractivity contribution in [3.63, 3.8) is 0 Å². The number of likely N-dealkylation sites (tertiary alicyclic amines) is 1. The van der Waals surface area contributed by atoms with Gasteiger partial charge in [0.15, 0.2) is 0 Å². The molecule has 0 aromatic carbocycles. The van der Waals surface area contributed by atoms with E-state index in [-0.39, 0.29) is 0 Å². The van der Waals surface area contributed by atoms with E-state index in [4.69, 9.17) is 0 Å². The average molecular weight is 260 g/mol. The summed E-state index contributed by atoms with van der Waals surface area (Å²) in [4.78, 5) is 9.46. The highest BCUT2D eigenvalue weighted by atomic mass is 15.2. The van der Waals surface area contributed by atoms with E-state index >= 15 is 0 Å². The molecule has 1 N–H and O–H groups in total. The Hall–Kier alpha value is -0.970. The maximum absolute atomic E-state index is 4.45. The van der Waals surface area contributed by atoms with E-state index in [1.54, 1.807) is 0 Å². The zero-order chi connectivity index (χ0) is 13.2. The lowest BCUT2D eigenvalue weighted by atomic mass is 9.79. The molecule has 2 unspecified atom stereocenters. The van der Waals surface area contributed by atoms with Crippen LogP contribution in [0.3, 0.4) is 0 Å². The van der Waals surface area contributed by atoms with Crippen molar-refractivity contribution in [2.45, 2.75) is 12.6 Å². The second kappa shape index (κ2) is 5.57. The van der Waals surface area contributed by atoms with Gasteiger partial charge in [-0.1, -0.05) is 6.07 Å². The molecule has 1 aromatic heterocycles. The number of fused-ring (bicyclic) bond motifs is 2. The molecule has 2 aliphatic heterocycles. The van der Waals surface area contributed by atoms with Gasteiger partial charge in [0.1, 0.15) is 0 Å². The Morgan fingerprint density at radius 1 is 1.26 bits per heavy atom. The first-order chi connectivity index (χ1) is 9.24. The van der Waals surface area contributed by atoms with Crippen LogP contribution in [0, 0.1) is 11.8 Å². The van der Waals surface area contributed by atoms with Gasteiger partial charge in [0.2, 0.25) is 0 Å². The minimum Gasteiger partial charge on any atom is -0.316 e. The maximum Gasteiger partial charge on any atom is 0.0543 e. The first-order valence-electron chi connectivity index (χ1n) is 7.23. The Balaban J connectivity index is 1.68. The highest BCUT2D eigenvalue weighted by Crippen LogP contribution is 2.28. The monoisotopic (exact) mass is 260 g/mol. The average Bonchev–Trinajstić information content (AvgIpc) is 2.38. The van der Waals surface area contributed by atoms with Crippen molar-refractivity contribution in [3.05, 3.63) is 30.1 Å². The fourth-order valence-corrected chi connectivity index (χ4v) is 3.86. The number of nitrogens with one attached hydrogen (secondary N) is 1. The molecule has 3 rings (SSSR count). The predicted molar refractivity (Wildman–Crippen MR) is 76.8 cm³/mol. The summed E-state index contributed by atoms with van der Waals surface area (Å²) in [7, 11) is 4.45. The standard InChI is InChI=1S/C15H24N4/c1-18(2)15-12-7-16-8-13(15)10-19(9-12)11-14-5-3-4-6-17-14/h3-6,12-13,15-16H,7-11H2,1-2H3. The third kappa shape index (κ3) is 2.81. The Morgan fingerprint density at radius 2 is 2.00 bits per heavy atom. The second-order valence-electron chi connectivity index (χ2n) is 6.15. The number of aromatic nitrogens is 1. The predicted octanol–water partition coefficient (Wildman–Crippen LogP) is 0.663. The van der Waals surface area contributed by atoms with E-state index in [1.807, 2.05) is 12.3 Å². The molecule has 2 atom stereocenters. The van der Waals surface area contributed by atoms with Crippen molar-refractivity contribution in [2.75, 3.05) is 40.3 Å². The summed E-state index contributed by atoms with van der Waals surface area (Å²) < 4.78 is 0.